The van der Waals surface area contributed by atoms with Crippen LogP contribution in [0.15, 0.2) is 54.7 Å². The number of nitrogens with zero attached hydrogens (tertiary/aromatic N) is 3. The van der Waals surface area contributed by atoms with Gasteiger partial charge in [-0.1, -0.05) is 67.9 Å². The number of fused-ring (bicyclic) bond motifs is 1. The molecular formula is C30H31ClF2N4O3. The zero-order valence-electron chi connectivity index (χ0n) is 22.4. The highest BCUT2D eigenvalue weighted by Crippen LogP contribution is 2.51. The van der Waals surface area contributed by atoms with E-state index < -0.39 is 23.4 Å². The van der Waals surface area contributed by atoms with Crippen LogP contribution in [0.3, 0.4) is 0 Å². The Labute approximate surface area is 235 Å². The lowest BCUT2D eigenvalue weighted by Gasteiger charge is -2.28. The number of alkyl halides is 2. The summed E-state index contributed by atoms with van der Waals surface area (Å²) in [4.78, 5) is 21.5. The fourth-order valence-electron chi connectivity index (χ4n) is 5.96. The van der Waals surface area contributed by atoms with E-state index in [4.69, 9.17) is 22.3 Å². The molecule has 1 fully saturated rings. The molecule has 1 saturated carbocycles. The van der Waals surface area contributed by atoms with E-state index in [0.29, 0.717) is 58.1 Å². The van der Waals surface area contributed by atoms with Crippen molar-refractivity contribution in [3.05, 3.63) is 82.4 Å². The van der Waals surface area contributed by atoms with Gasteiger partial charge in [-0.2, -0.15) is 0 Å². The summed E-state index contributed by atoms with van der Waals surface area (Å²) < 4.78 is 28.3. The number of hydrogen-bond acceptors (Lipinski definition) is 5. The van der Waals surface area contributed by atoms with Crippen LogP contribution in [-0.4, -0.2) is 30.6 Å². The molecule has 0 bridgehead atoms. The highest BCUT2D eigenvalue weighted by Gasteiger charge is 2.49. The standard InChI is InChI=1S/C30H31ClF2N4O3/c1-16(2)30(28(38)39)12-11-19(14-30)27-36-23(24-26(34)35-15-22(31)37(24)27)17-7-9-20(10-8-17)29(3,40)21-6-4-5-18(13-21)25(32)33/h4-10,13,15-16,19,25,40H,11-12,14H2,1-3H3,(H2,34,35)(H,38,39)/t19-,29+,30-/m0/s1. The molecule has 4 aromatic rings. The summed E-state index contributed by atoms with van der Waals surface area (Å²) in [6.45, 7) is 5.42. The van der Waals surface area contributed by atoms with Gasteiger partial charge in [-0.3, -0.25) is 9.20 Å². The van der Waals surface area contributed by atoms with Gasteiger partial charge < -0.3 is 15.9 Å². The Kier molecular flexibility index (Phi) is 7.08. The zero-order valence-corrected chi connectivity index (χ0v) is 23.2. The van der Waals surface area contributed by atoms with Crippen LogP contribution in [-0.2, 0) is 10.4 Å². The molecule has 1 aliphatic carbocycles. The summed E-state index contributed by atoms with van der Waals surface area (Å²) >= 11 is 6.60. The van der Waals surface area contributed by atoms with Crippen molar-refractivity contribution in [1.29, 1.82) is 0 Å². The number of nitrogen functional groups attached to an aromatic ring is 1. The molecule has 7 nitrogen and oxygen atoms in total. The minimum absolute atomic E-state index is 0.0513. The molecule has 2 aromatic heterocycles. The molecule has 210 valence electrons. The Balaban J connectivity index is 1.57. The number of aliphatic carboxylic acids is 1. The van der Waals surface area contributed by atoms with E-state index >= 15 is 0 Å². The summed E-state index contributed by atoms with van der Waals surface area (Å²) in [7, 11) is 0. The van der Waals surface area contributed by atoms with E-state index in [-0.39, 0.29) is 23.2 Å². The summed E-state index contributed by atoms with van der Waals surface area (Å²) in [5, 5.41) is 21.7. The number of carboxylic acids is 1. The first-order valence-corrected chi connectivity index (χ1v) is 13.5. The largest absolute Gasteiger partial charge is 0.481 e. The van der Waals surface area contributed by atoms with Crippen molar-refractivity contribution in [2.45, 2.75) is 58.0 Å². The van der Waals surface area contributed by atoms with E-state index in [9.17, 15) is 23.8 Å². The van der Waals surface area contributed by atoms with Crippen molar-refractivity contribution in [1.82, 2.24) is 14.4 Å². The second-order valence-corrected chi connectivity index (χ2v) is 11.5. The van der Waals surface area contributed by atoms with Gasteiger partial charge in [0.1, 0.15) is 33.6 Å². The van der Waals surface area contributed by atoms with Gasteiger partial charge in [0, 0.05) is 17.0 Å². The SMILES string of the molecule is CC(C)[C@]1(C(=O)O)CC[C@H](c2nc(-c3ccc([C@@](C)(O)c4cccc(C(F)F)c4)cc3)c3c(N)ncc(Cl)n23)C1. The quantitative estimate of drug-likeness (QED) is 0.225. The third-order valence-electron chi connectivity index (χ3n) is 8.54. The number of aliphatic hydroxyl groups is 1. The Morgan fingerprint density at radius 2 is 1.90 bits per heavy atom. The predicted octanol–water partition coefficient (Wildman–Crippen LogP) is 6.82. The van der Waals surface area contributed by atoms with Crippen LogP contribution in [0.25, 0.3) is 16.8 Å². The van der Waals surface area contributed by atoms with Crippen LogP contribution < -0.4 is 5.73 Å². The van der Waals surface area contributed by atoms with Crippen molar-refractivity contribution in [3.8, 4) is 11.3 Å². The van der Waals surface area contributed by atoms with Crippen LogP contribution in [0.2, 0.25) is 5.15 Å². The van der Waals surface area contributed by atoms with Gasteiger partial charge in [0.15, 0.2) is 0 Å². The first-order chi connectivity index (χ1) is 18.9. The normalized spacial score (nSPS) is 20.9. The van der Waals surface area contributed by atoms with Gasteiger partial charge in [0.2, 0.25) is 0 Å². The van der Waals surface area contributed by atoms with Gasteiger partial charge in [-0.25, -0.2) is 18.7 Å². The highest BCUT2D eigenvalue weighted by molar-refractivity contribution is 6.30. The summed E-state index contributed by atoms with van der Waals surface area (Å²) in [6.07, 6.45) is 0.406. The van der Waals surface area contributed by atoms with E-state index in [0.717, 1.165) is 0 Å². The molecule has 3 atom stereocenters. The van der Waals surface area contributed by atoms with Crippen LogP contribution in [0, 0.1) is 11.3 Å². The van der Waals surface area contributed by atoms with Gasteiger partial charge in [0.25, 0.3) is 6.43 Å². The smallest absolute Gasteiger partial charge is 0.309 e. The number of imidazole rings is 1. The summed E-state index contributed by atoms with van der Waals surface area (Å²) in [5.41, 5.74) is 6.37. The molecule has 5 rings (SSSR count). The Bertz CT molecular complexity index is 1590. The molecule has 0 saturated heterocycles. The maximum absolute atomic E-state index is 13.3. The van der Waals surface area contributed by atoms with Crippen LogP contribution in [0.4, 0.5) is 14.6 Å². The topological polar surface area (TPSA) is 114 Å². The Hall–Kier alpha value is -3.56. The first-order valence-electron chi connectivity index (χ1n) is 13.1. The molecule has 0 unspecified atom stereocenters. The summed E-state index contributed by atoms with van der Waals surface area (Å²) in [5.74, 6) is -0.150. The van der Waals surface area contributed by atoms with E-state index in [1.165, 1.54) is 24.4 Å². The maximum atomic E-state index is 13.3. The van der Waals surface area contributed by atoms with Crippen molar-refractivity contribution in [3.63, 3.8) is 0 Å². The molecule has 1 aliphatic rings. The molecule has 10 heteroatoms. The van der Waals surface area contributed by atoms with Crippen molar-refractivity contribution < 1.29 is 23.8 Å². The molecule has 0 radical (unpaired) electrons. The molecule has 0 amide bonds. The predicted molar refractivity (Wildman–Crippen MR) is 149 cm³/mol. The van der Waals surface area contributed by atoms with Crippen molar-refractivity contribution in [2.75, 3.05) is 5.73 Å². The lowest BCUT2D eigenvalue weighted by Crippen LogP contribution is -2.33. The number of hydrogen-bond donors (Lipinski definition) is 3. The monoisotopic (exact) mass is 568 g/mol. The Morgan fingerprint density at radius 3 is 2.50 bits per heavy atom. The molecule has 2 aromatic carbocycles. The van der Waals surface area contributed by atoms with Gasteiger partial charge in [-0.05, 0) is 49.3 Å². The lowest BCUT2D eigenvalue weighted by atomic mass is 9.75. The first kappa shape index (κ1) is 28.0. The third kappa shape index (κ3) is 4.51. The number of halogens is 3. The highest BCUT2D eigenvalue weighted by atomic mass is 35.5. The fourth-order valence-corrected chi connectivity index (χ4v) is 6.18. The maximum Gasteiger partial charge on any atom is 0.309 e. The van der Waals surface area contributed by atoms with Crippen molar-refractivity contribution >= 4 is 28.9 Å². The van der Waals surface area contributed by atoms with Gasteiger partial charge in [-0.15, -0.1) is 0 Å². The van der Waals surface area contributed by atoms with Crippen molar-refractivity contribution in [2.24, 2.45) is 11.3 Å². The van der Waals surface area contributed by atoms with Crippen LogP contribution >= 0.6 is 11.6 Å². The molecule has 2 heterocycles. The summed E-state index contributed by atoms with van der Waals surface area (Å²) in [6, 6.07) is 12.7. The third-order valence-corrected chi connectivity index (χ3v) is 8.80. The molecule has 4 N–H and O–H groups in total. The zero-order chi connectivity index (χ0) is 29.0. The number of carbonyl (C=O) groups is 1. The number of aromatic nitrogens is 3. The molecular weight excluding hydrogens is 538 g/mol. The molecule has 40 heavy (non-hydrogen) atoms. The fraction of sp³-hybridized carbons (Fsp3) is 0.367. The molecule has 0 aliphatic heterocycles. The van der Waals surface area contributed by atoms with E-state index in [1.807, 2.05) is 13.8 Å². The number of rotatable bonds is 7. The average Bonchev–Trinajstić information content (AvgIpc) is 3.55. The number of nitrogens with two attached hydrogens (primary N) is 1. The molecule has 0 spiro atoms. The number of anilines is 1. The second-order valence-electron chi connectivity index (χ2n) is 11.1. The van der Waals surface area contributed by atoms with Gasteiger partial charge in [0.05, 0.1) is 11.6 Å². The van der Waals surface area contributed by atoms with Crippen LogP contribution in [0.1, 0.15) is 74.9 Å². The lowest BCUT2D eigenvalue weighted by molar-refractivity contribution is -0.151. The van der Waals surface area contributed by atoms with E-state index in [1.54, 1.807) is 41.7 Å². The minimum Gasteiger partial charge on any atom is -0.481 e. The number of benzene rings is 2. The van der Waals surface area contributed by atoms with Crippen LogP contribution in [0.5, 0.6) is 0 Å². The van der Waals surface area contributed by atoms with E-state index in [2.05, 4.69) is 4.98 Å². The average molecular weight is 569 g/mol. The second kappa shape index (κ2) is 10.1. The van der Waals surface area contributed by atoms with Gasteiger partial charge >= 0.3 is 5.97 Å². The minimum atomic E-state index is -2.64. The Morgan fingerprint density at radius 1 is 1.20 bits per heavy atom. The number of carboxylic acid groups (broad SMARTS) is 1.